The smallest absolute Gasteiger partial charge is 0.147 e. The van der Waals surface area contributed by atoms with Crippen LogP contribution in [0.2, 0.25) is 10.0 Å². The van der Waals surface area contributed by atoms with Crippen molar-refractivity contribution < 1.29 is 0 Å². The van der Waals surface area contributed by atoms with E-state index in [2.05, 4.69) is 36.4 Å². The minimum Gasteiger partial charge on any atom is -0.369 e. The average Bonchev–Trinajstić information content (AvgIpc) is 2.39. The Morgan fingerprint density at radius 1 is 1.05 bits per heavy atom. The van der Waals surface area contributed by atoms with Gasteiger partial charge in [0.15, 0.2) is 0 Å². The Bertz CT molecular complexity index is 408. The van der Waals surface area contributed by atoms with Gasteiger partial charge in [0.2, 0.25) is 0 Å². The molecule has 5 heteroatoms. The molecule has 0 atom stereocenters. The van der Waals surface area contributed by atoms with Crippen LogP contribution in [-0.2, 0) is 0 Å². The molecule has 1 heterocycles. The summed E-state index contributed by atoms with van der Waals surface area (Å²) in [6, 6.07) is 1.74. The van der Waals surface area contributed by atoms with E-state index < -0.39 is 0 Å². The van der Waals surface area contributed by atoms with Gasteiger partial charge in [-0.1, -0.05) is 56.8 Å². The van der Waals surface area contributed by atoms with Crippen LogP contribution in [0.15, 0.2) is 6.07 Å². The zero-order chi connectivity index (χ0) is 15.0. The van der Waals surface area contributed by atoms with E-state index in [1.54, 1.807) is 6.07 Å². The third-order valence-corrected chi connectivity index (χ3v) is 3.55. The molecule has 3 nitrogen and oxygen atoms in total. The molecular weight excluding hydrogens is 293 g/mol. The van der Waals surface area contributed by atoms with Gasteiger partial charge in [0, 0.05) is 13.1 Å². The van der Waals surface area contributed by atoms with Crippen molar-refractivity contribution in [2.45, 2.75) is 46.5 Å². The molecule has 0 fully saturated rings. The highest BCUT2D eigenvalue weighted by Crippen LogP contribution is 2.29. The summed E-state index contributed by atoms with van der Waals surface area (Å²) in [4.78, 5) is 4.46. The largest absolute Gasteiger partial charge is 0.369 e. The average molecular weight is 318 g/mol. The third kappa shape index (κ3) is 6.19. The number of pyridine rings is 1. The zero-order valence-electron chi connectivity index (χ0n) is 12.6. The topological polar surface area (TPSA) is 37.0 Å². The summed E-state index contributed by atoms with van der Waals surface area (Å²) in [6.45, 7) is 8.33. The molecule has 0 aliphatic carbocycles. The van der Waals surface area contributed by atoms with Gasteiger partial charge in [0.25, 0.3) is 0 Å². The maximum Gasteiger partial charge on any atom is 0.147 e. The fraction of sp³-hybridized carbons (Fsp3) is 0.667. The zero-order valence-corrected chi connectivity index (χ0v) is 14.1. The number of anilines is 2. The number of nitrogens with zero attached hydrogens (tertiary/aromatic N) is 1. The molecule has 1 rings (SSSR count). The van der Waals surface area contributed by atoms with Crippen molar-refractivity contribution in [1.29, 1.82) is 0 Å². The van der Waals surface area contributed by atoms with Gasteiger partial charge in [-0.15, -0.1) is 0 Å². The van der Waals surface area contributed by atoms with Crippen molar-refractivity contribution in [2.24, 2.45) is 5.92 Å². The molecular formula is C15H25Cl2N3. The number of nitrogens with one attached hydrogen (secondary N) is 2. The van der Waals surface area contributed by atoms with E-state index in [9.17, 15) is 0 Å². The molecule has 1 aromatic heterocycles. The fourth-order valence-electron chi connectivity index (χ4n) is 1.84. The number of unbranched alkanes of at least 4 members (excludes halogenated alkanes) is 1. The van der Waals surface area contributed by atoms with Gasteiger partial charge in [0.05, 0.1) is 10.0 Å². The first-order valence-corrected chi connectivity index (χ1v) is 8.14. The molecule has 0 unspecified atom stereocenters. The van der Waals surface area contributed by atoms with Crippen molar-refractivity contribution in [3.8, 4) is 0 Å². The standard InChI is InChI=1S/C15H25Cl2N3/c1-4-8-18-14-12(16)10-13(17)15(20-14)19-9-6-5-7-11(2)3/h10-11H,4-9H2,1-3H3,(H2,18,19,20). The number of hydrogen-bond acceptors (Lipinski definition) is 3. The van der Waals surface area contributed by atoms with Crippen molar-refractivity contribution in [1.82, 2.24) is 4.98 Å². The van der Waals surface area contributed by atoms with E-state index in [-0.39, 0.29) is 0 Å². The maximum atomic E-state index is 6.16. The number of rotatable bonds is 9. The molecule has 0 bridgehead atoms. The summed E-state index contributed by atoms with van der Waals surface area (Å²) in [6.07, 6.45) is 4.62. The molecule has 0 spiro atoms. The maximum absolute atomic E-state index is 6.16. The molecule has 2 N–H and O–H groups in total. The summed E-state index contributed by atoms with van der Waals surface area (Å²) in [5.41, 5.74) is 0. The van der Waals surface area contributed by atoms with E-state index in [0.29, 0.717) is 21.7 Å². The lowest BCUT2D eigenvalue weighted by Crippen LogP contribution is -2.08. The Morgan fingerprint density at radius 3 is 2.20 bits per heavy atom. The second-order valence-electron chi connectivity index (χ2n) is 5.39. The van der Waals surface area contributed by atoms with Crippen molar-refractivity contribution in [3.05, 3.63) is 16.1 Å². The Hall–Kier alpha value is -0.670. The fourth-order valence-corrected chi connectivity index (χ4v) is 2.33. The van der Waals surface area contributed by atoms with Crippen LogP contribution in [0.3, 0.4) is 0 Å². The molecule has 0 amide bonds. The van der Waals surface area contributed by atoms with Gasteiger partial charge in [-0.3, -0.25) is 0 Å². The predicted octanol–water partition coefficient (Wildman–Crippen LogP) is 5.45. The molecule has 1 aromatic rings. The van der Waals surface area contributed by atoms with Gasteiger partial charge in [-0.2, -0.15) is 0 Å². The summed E-state index contributed by atoms with van der Waals surface area (Å²) >= 11 is 12.3. The Morgan fingerprint density at radius 2 is 1.65 bits per heavy atom. The summed E-state index contributed by atoms with van der Waals surface area (Å²) in [5, 5.41) is 7.63. The van der Waals surface area contributed by atoms with Crippen LogP contribution < -0.4 is 10.6 Å². The molecule has 0 radical (unpaired) electrons. The van der Waals surface area contributed by atoms with Crippen LogP contribution in [0.4, 0.5) is 11.6 Å². The first kappa shape index (κ1) is 17.4. The molecule has 0 aliphatic heterocycles. The second kappa shape index (κ2) is 9.30. The first-order chi connectivity index (χ1) is 9.54. The highest BCUT2D eigenvalue weighted by atomic mass is 35.5. The van der Waals surface area contributed by atoms with Crippen LogP contribution in [-0.4, -0.2) is 18.1 Å². The highest BCUT2D eigenvalue weighted by molar-refractivity contribution is 6.37. The minimum absolute atomic E-state index is 0.564. The third-order valence-electron chi connectivity index (χ3n) is 2.97. The molecule has 0 aromatic carbocycles. The van der Waals surface area contributed by atoms with E-state index >= 15 is 0 Å². The Labute approximate surface area is 132 Å². The lowest BCUT2D eigenvalue weighted by Gasteiger charge is -2.12. The molecule has 0 aliphatic rings. The van der Waals surface area contributed by atoms with Gasteiger partial charge in [-0.05, 0) is 24.8 Å². The number of hydrogen-bond donors (Lipinski definition) is 2. The van der Waals surface area contributed by atoms with Crippen LogP contribution in [0, 0.1) is 5.92 Å². The summed E-state index contributed by atoms with van der Waals surface area (Å²) in [5.74, 6) is 2.17. The quantitative estimate of drug-likeness (QED) is 0.595. The minimum atomic E-state index is 0.564. The van der Waals surface area contributed by atoms with Gasteiger partial charge in [-0.25, -0.2) is 4.98 Å². The second-order valence-corrected chi connectivity index (χ2v) is 6.21. The van der Waals surface area contributed by atoms with Crippen molar-refractivity contribution in [3.63, 3.8) is 0 Å². The SMILES string of the molecule is CCCNc1nc(NCCCCC(C)C)c(Cl)cc1Cl. The van der Waals surface area contributed by atoms with Crippen LogP contribution in [0.5, 0.6) is 0 Å². The highest BCUT2D eigenvalue weighted by Gasteiger charge is 2.08. The van der Waals surface area contributed by atoms with Gasteiger partial charge < -0.3 is 10.6 Å². The van der Waals surface area contributed by atoms with E-state index in [0.717, 1.165) is 31.8 Å². The predicted molar refractivity (Wildman–Crippen MR) is 90.2 cm³/mol. The van der Waals surface area contributed by atoms with Crippen LogP contribution >= 0.6 is 23.2 Å². The van der Waals surface area contributed by atoms with Gasteiger partial charge >= 0.3 is 0 Å². The molecule has 20 heavy (non-hydrogen) atoms. The molecule has 0 saturated carbocycles. The Kier molecular flexibility index (Phi) is 8.08. The Balaban J connectivity index is 2.51. The van der Waals surface area contributed by atoms with Crippen LogP contribution in [0.1, 0.15) is 46.5 Å². The normalized spacial score (nSPS) is 10.9. The summed E-state index contributed by atoms with van der Waals surface area (Å²) in [7, 11) is 0. The van der Waals surface area contributed by atoms with E-state index in [1.165, 1.54) is 12.8 Å². The van der Waals surface area contributed by atoms with Crippen molar-refractivity contribution >= 4 is 34.8 Å². The van der Waals surface area contributed by atoms with E-state index in [1.807, 2.05) is 0 Å². The molecule has 0 saturated heterocycles. The van der Waals surface area contributed by atoms with Crippen LogP contribution in [0.25, 0.3) is 0 Å². The van der Waals surface area contributed by atoms with E-state index in [4.69, 9.17) is 23.2 Å². The molecule has 114 valence electrons. The summed E-state index contributed by atoms with van der Waals surface area (Å²) < 4.78 is 0. The lowest BCUT2D eigenvalue weighted by atomic mass is 10.1. The van der Waals surface area contributed by atoms with Gasteiger partial charge in [0.1, 0.15) is 11.6 Å². The lowest BCUT2D eigenvalue weighted by molar-refractivity contribution is 0.544. The number of aromatic nitrogens is 1. The van der Waals surface area contributed by atoms with Crippen molar-refractivity contribution in [2.75, 3.05) is 23.7 Å². The monoisotopic (exact) mass is 317 g/mol. The number of halogens is 2. The first-order valence-electron chi connectivity index (χ1n) is 7.38.